The molecule has 0 aliphatic carbocycles. The van der Waals surface area contributed by atoms with Crippen LogP contribution in [0.4, 0.5) is 0 Å². The summed E-state index contributed by atoms with van der Waals surface area (Å²) < 4.78 is 0. The number of aromatic amines is 2. The molecule has 0 radical (unpaired) electrons. The molecular weight excluding hydrogens is 653 g/mol. The summed E-state index contributed by atoms with van der Waals surface area (Å²) in [6, 6.07) is 15.9. The Balaban J connectivity index is 1.23. The summed E-state index contributed by atoms with van der Waals surface area (Å²) >= 11 is 3.63. The molecule has 0 saturated carbocycles. The summed E-state index contributed by atoms with van der Waals surface area (Å²) in [5.41, 5.74) is 3.19. The second-order valence-corrected chi connectivity index (χ2v) is 16.5. The predicted molar refractivity (Wildman–Crippen MR) is 223 cm³/mol. The summed E-state index contributed by atoms with van der Waals surface area (Å²) in [5.74, 6) is 2.06. The van der Waals surface area contributed by atoms with Crippen molar-refractivity contribution < 1.29 is 0 Å². The van der Waals surface area contributed by atoms with Gasteiger partial charge in [-0.25, -0.2) is 0 Å². The molecule has 50 heavy (non-hydrogen) atoms. The first-order valence-corrected chi connectivity index (χ1v) is 21.9. The molecule has 0 fully saturated rings. The molecule has 0 unspecified atom stereocenters. The number of hydrogen-bond donors (Lipinski definition) is 2. The van der Waals surface area contributed by atoms with E-state index in [0.29, 0.717) is 21.7 Å². The van der Waals surface area contributed by atoms with Gasteiger partial charge in [0.05, 0.1) is 27.5 Å². The fourth-order valence-corrected chi connectivity index (χ4v) is 9.38. The molecule has 4 nitrogen and oxygen atoms in total. The van der Waals surface area contributed by atoms with Crippen LogP contribution in [0.2, 0.25) is 0 Å². The zero-order valence-corrected chi connectivity index (χ0v) is 32.4. The van der Waals surface area contributed by atoms with Crippen LogP contribution in [-0.4, -0.2) is 21.5 Å². The van der Waals surface area contributed by atoms with Gasteiger partial charge in [-0.3, -0.25) is 9.59 Å². The lowest BCUT2D eigenvalue weighted by Gasteiger charge is -2.11. The number of hydrogen-bond acceptors (Lipinski definition) is 4. The van der Waals surface area contributed by atoms with Crippen molar-refractivity contribution in [3.8, 4) is 0 Å². The highest BCUT2D eigenvalue weighted by Gasteiger charge is 2.15. The number of nitrogens with one attached hydrogen (secondary N) is 2. The molecule has 3 aromatic carbocycles. The van der Waals surface area contributed by atoms with Crippen molar-refractivity contribution in [1.82, 2.24) is 9.97 Å². The second-order valence-electron chi connectivity index (χ2n) is 14.3. The Labute approximate surface area is 308 Å². The maximum Gasteiger partial charge on any atom is 0.198 e. The van der Waals surface area contributed by atoms with Gasteiger partial charge in [-0.15, -0.1) is 23.5 Å². The van der Waals surface area contributed by atoms with E-state index in [0.717, 1.165) is 43.2 Å². The lowest BCUT2D eigenvalue weighted by molar-refractivity contribution is 0.563. The van der Waals surface area contributed by atoms with E-state index in [1.807, 2.05) is 48.2 Å². The Morgan fingerprint density at radius 2 is 0.920 bits per heavy atom. The van der Waals surface area contributed by atoms with Crippen molar-refractivity contribution in [2.75, 3.05) is 11.5 Å². The first kappa shape index (κ1) is 38.5. The van der Waals surface area contributed by atoms with E-state index in [9.17, 15) is 9.59 Å². The van der Waals surface area contributed by atoms with Crippen LogP contribution >= 0.6 is 23.5 Å². The Hall–Kier alpha value is -2.70. The van der Waals surface area contributed by atoms with Crippen LogP contribution in [-0.2, 0) is 0 Å². The van der Waals surface area contributed by atoms with E-state index >= 15 is 0 Å². The summed E-state index contributed by atoms with van der Waals surface area (Å²) in [6.07, 6.45) is 26.5. The largest absolute Gasteiger partial charge is 0.354 e. The second kappa shape index (κ2) is 21.0. The Morgan fingerprint density at radius 1 is 0.460 bits per heavy atom. The van der Waals surface area contributed by atoms with E-state index in [1.165, 1.54) is 128 Å². The van der Waals surface area contributed by atoms with Crippen LogP contribution in [0.25, 0.3) is 43.6 Å². The molecule has 0 aliphatic heterocycles. The van der Waals surface area contributed by atoms with Crippen LogP contribution in [0.15, 0.2) is 67.9 Å². The molecule has 0 aliphatic rings. The minimum atomic E-state index is 0.0128. The van der Waals surface area contributed by atoms with Gasteiger partial charge in [-0.2, -0.15) is 0 Å². The van der Waals surface area contributed by atoms with E-state index in [2.05, 4.69) is 35.9 Å². The first-order chi connectivity index (χ1) is 24.6. The molecule has 0 spiro atoms. The van der Waals surface area contributed by atoms with Crippen LogP contribution in [0.3, 0.4) is 0 Å². The highest BCUT2D eigenvalue weighted by atomic mass is 32.2. The number of unbranched alkanes of at least 4 members (excludes halogenated alkanes) is 18. The number of thioether (sulfide) groups is 2. The van der Waals surface area contributed by atoms with Gasteiger partial charge < -0.3 is 9.97 Å². The minimum absolute atomic E-state index is 0.0128. The average molecular weight is 713 g/mol. The van der Waals surface area contributed by atoms with E-state index in [4.69, 9.17) is 0 Å². The fraction of sp³-hybridized carbons (Fsp3) is 0.545. The number of benzene rings is 3. The zero-order chi connectivity index (χ0) is 35.0. The molecule has 6 heteroatoms. The SMILES string of the molecule is CCCCCCCCCCCCSc1cccc2c(=O)c3cc4[nH]c5cccc(SCCCCCCCCCCCC)c5c(=O)c4cc3[nH]c12. The molecule has 2 heterocycles. The maximum absolute atomic E-state index is 14.1. The first-order valence-electron chi connectivity index (χ1n) is 20.0. The van der Waals surface area contributed by atoms with Gasteiger partial charge in [0.1, 0.15) is 0 Å². The van der Waals surface area contributed by atoms with E-state index in [-0.39, 0.29) is 10.9 Å². The van der Waals surface area contributed by atoms with Crippen LogP contribution < -0.4 is 10.9 Å². The summed E-state index contributed by atoms with van der Waals surface area (Å²) in [4.78, 5) is 37.1. The van der Waals surface area contributed by atoms with E-state index in [1.54, 1.807) is 11.8 Å². The Morgan fingerprint density at radius 3 is 1.50 bits per heavy atom. The van der Waals surface area contributed by atoms with Gasteiger partial charge >= 0.3 is 0 Å². The topological polar surface area (TPSA) is 65.7 Å². The number of fused-ring (bicyclic) bond motifs is 4. The average Bonchev–Trinajstić information content (AvgIpc) is 3.13. The third-order valence-electron chi connectivity index (χ3n) is 10.2. The predicted octanol–water partition coefficient (Wildman–Crippen LogP) is 13.7. The Bertz CT molecular complexity index is 1910. The molecular formula is C44H60N2O2S2. The zero-order valence-electron chi connectivity index (χ0n) is 30.8. The molecule has 270 valence electrons. The number of para-hydroxylation sites is 1. The summed E-state index contributed by atoms with van der Waals surface area (Å²) in [7, 11) is 0. The van der Waals surface area contributed by atoms with Gasteiger partial charge in [-0.1, -0.05) is 142 Å². The van der Waals surface area contributed by atoms with Gasteiger partial charge in [-0.05, 0) is 60.7 Å². The standard InChI is InChI=1S/C44H60N2O2S2/c1-3-5-7-9-11-13-15-17-19-21-29-49-39-27-24-26-36-41(39)44(48)35-32-38-34(31-37(35)45-36)43(47)33-25-23-28-40(42(33)46-38)50-30-22-20-18-16-14-12-10-8-6-4-2/h23-28,31-32H,3-22,29-30H2,1-2H3,(H,45,48)(H,46,47). The van der Waals surface area contributed by atoms with Gasteiger partial charge in [0.2, 0.25) is 0 Å². The quantitative estimate of drug-likeness (QED) is 0.0380. The van der Waals surface area contributed by atoms with Crippen LogP contribution in [0, 0.1) is 0 Å². The Kier molecular flexibility index (Phi) is 16.2. The smallest absolute Gasteiger partial charge is 0.198 e. The number of H-pyrrole nitrogens is 2. The summed E-state index contributed by atoms with van der Waals surface area (Å²) in [6.45, 7) is 4.55. The lowest BCUT2D eigenvalue weighted by atomic mass is 10.1. The van der Waals surface area contributed by atoms with Crippen molar-refractivity contribution in [3.63, 3.8) is 0 Å². The highest BCUT2D eigenvalue weighted by Crippen LogP contribution is 2.31. The molecule has 2 aromatic heterocycles. The number of pyridine rings is 2. The van der Waals surface area contributed by atoms with Gasteiger partial charge in [0, 0.05) is 25.9 Å². The molecule has 0 saturated heterocycles. The highest BCUT2D eigenvalue weighted by molar-refractivity contribution is 7.99. The lowest BCUT2D eigenvalue weighted by Crippen LogP contribution is -2.09. The maximum atomic E-state index is 14.1. The van der Waals surface area contributed by atoms with Crippen molar-refractivity contribution in [2.45, 2.75) is 152 Å². The third-order valence-corrected chi connectivity index (χ3v) is 12.5. The van der Waals surface area contributed by atoms with Gasteiger partial charge in [0.15, 0.2) is 10.9 Å². The monoisotopic (exact) mass is 712 g/mol. The number of aromatic nitrogens is 2. The molecule has 0 bridgehead atoms. The fourth-order valence-electron chi connectivity index (χ4n) is 7.24. The molecule has 0 amide bonds. The molecule has 5 aromatic rings. The molecule has 0 atom stereocenters. The molecule has 5 rings (SSSR count). The van der Waals surface area contributed by atoms with Crippen LogP contribution in [0.1, 0.15) is 142 Å². The van der Waals surface area contributed by atoms with Crippen molar-refractivity contribution in [1.29, 1.82) is 0 Å². The van der Waals surface area contributed by atoms with Crippen molar-refractivity contribution in [2.24, 2.45) is 0 Å². The normalized spacial score (nSPS) is 11.9. The summed E-state index contributed by atoms with van der Waals surface area (Å²) in [5, 5.41) is 2.71. The van der Waals surface area contributed by atoms with Crippen LogP contribution in [0.5, 0.6) is 0 Å². The van der Waals surface area contributed by atoms with Crippen molar-refractivity contribution >= 4 is 67.1 Å². The van der Waals surface area contributed by atoms with Gasteiger partial charge in [0.25, 0.3) is 0 Å². The minimum Gasteiger partial charge on any atom is -0.354 e. The van der Waals surface area contributed by atoms with Crippen molar-refractivity contribution in [3.05, 3.63) is 69.0 Å². The third kappa shape index (κ3) is 10.7. The number of rotatable bonds is 24. The molecule has 2 N–H and O–H groups in total. The van der Waals surface area contributed by atoms with E-state index < -0.39 is 0 Å².